The Bertz CT molecular complexity index is 998. The fourth-order valence-corrected chi connectivity index (χ4v) is 3.69. The van der Waals surface area contributed by atoms with Crippen LogP contribution < -0.4 is 4.90 Å². The summed E-state index contributed by atoms with van der Waals surface area (Å²) in [7, 11) is 0. The number of aromatic hydroxyl groups is 1. The quantitative estimate of drug-likeness (QED) is 0.742. The third-order valence-corrected chi connectivity index (χ3v) is 4.87. The Hall–Kier alpha value is -3.60. The lowest BCUT2D eigenvalue weighted by Gasteiger charge is -2.40. The van der Waals surface area contributed by atoms with Gasteiger partial charge in [-0.25, -0.2) is 0 Å². The van der Waals surface area contributed by atoms with E-state index >= 15 is 0 Å². The van der Waals surface area contributed by atoms with Crippen molar-refractivity contribution in [3.8, 4) is 5.75 Å². The molecule has 5 heteroatoms. The van der Waals surface area contributed by atoms with E-state index in [1.807, 2.05) is 30.3 Å². The molecule has 1 heterocycles. The Morgan fingerprint density at radius 1 is 0.852 bits per heavy atom. The Kier molecular flexibility index (Phi) is 4.12. The number of carboxylic acids is 1. The first-order chi connectivity index (χ1) is 13.1. The smallest absolute Gasteiger partial charge is 0.313 e. The topological polar surface area (TPSA) is 77.8 Å². The minimum absolute atomic E-state index is 0.0784. The molecule has 1 amide bonds. The van der Waals surface area contributed by atoms with E-state index in [2.05, 4.69) is 0 Å². The lowest BCUT2D eigenvalue weighted by Crippen LogP contribution is -2.45. The number of carboxylic acid groups (broad SMARTS) is 1. The second-order valence-electron chi connectivity index (χ2n) is 6.45. The fourth-order valence-electron chi connectivity index (χ4n) is 3.69. The van der Waals surface area contributed by atoms with Gasteiger partial charge in [-0.3, -0.25) is 14.5 Å². The number of phenols is 1. The summed E-state index contributed by atoms with van der Waals surface area (Å²) in [5, 5.41) is 19.6. The fraction of sp³-hybridized carbons (Fsp3) is 0.0909. The van der Waals surface area contributed by atoms with Crippen LogP contribution in [0.25, 0.3) is 0 Å². The molecule has 27 heavy (non-hydrogen) atoms. The van der Waals surface area contributed by atoms with E-state index in [0.29, 0.717) is 16.8 Å². The van der Waals surface area contributed by atoms with Crippen LogP contribution in [0.1, 0.15) is 33.4 Å². The number of anilines is 1. The van der Waals surface area contributed by atoms with E-state index in [0.717, 1.165) is 5.56 Å². The molecule has 4 rings (SSSR count). The maximum absolute atomic E-state index is 13.3. The molecule has 2 atom stereocenters. The number of aliphatic carboxylic acids is 1. The Balaban J connectivity index is 1.98. The predicted octanol–water partition coefficient (Wildman–Crippen LogP) is 3.96. The molecule has 0 saturated heterocycles. The van der Waals surface area contributed by atoms with Crippen molar-refractivity contribution in [1.29, 1.82) is 0 Å². The van der Waals surface area contributed by atoms with Crippen LogP contribution in [-0.2, 0) is 4.79 Å². The van der Waals surface area contributed by atoms with Crippen LogP contribution >= 0.6 is 0 Å². The highest BCUT2D eigenvalue weighted by Gasteiger charge is 2.44. The highest BCUT2D eigenvalue weighted by Crippen LogP contribution is 2.45. The van der Waals surface area contributed by atoms with Gasteiger partial charge in [0.2, 0.25) is 0 Å². The number of benzene rings is 3. The number of hydrogen-bond donors (Lipinski definition) is 2. The van der Waals surface area contributed by atoms with Gasteiger partial charge in [-0.15, -0.1) is 0 Å². The van der Waals surface area contributed by atoms with Gasteiger partial charge in [-0.05, 0) is 41.5 Å². The summed E-state index contributed by atoms with van der Waals surface area (Å²) in [5.41, 5.74) is 2.16. The van der Waals surface area contributed by atoms with Gasteiger partial charge in [0, 0.05) is 11.3 Å². The molecule has 3 aromatic rings. The van der Waals surface area contributed by atoms with Crippen LogP contribution in [0.2, 0.25) is 0 Å². The van der Waals surface area contributed by atoms with Crippen molar-refractivity contribution < 1.29 is 19.8 Å². The summed E-state index contributed by atoms with van der Waals surface area (Å²) in [6.07, 6.45) is 0. The average Bonchev–Trinajstić information content (AvgIpc) is 2.69. The monoisotopic (exact) mass is 359 g/mol. The van der Waals surface area contributed by atoms with Gasteiger partial charge in [0.1, 0.15) is 11.7 Å². The molecule has 1 aliphatic heterocycles. The van der Waals surface area contributed by atoms with Gasteiger partial charge in [-0.2, -0.15) is 0 Å². The molecule has 3 aromatic carbocycles. The standard InChI is InChI=1S/C22H17NO4/c24-16-12-10-15(11-13-16)23-20(14-6-2-1-3-7-14)19(22(26)27)17-8-4-5-9-18(17)21(23)25/h1-13,19-20,24H,(H,26,27)/t19-,20-/m1/s1. The van der Waals surface area contributed by atoms with Gasteiger partial charge in [0.25, 0.3) is 5.91 Å². The Labute approximate surface area is 156 Å². The third kappa shape index (κ3) is 2.83. The lowest BCUT2D eigenvalue weighted by molar-refractivity contribution is -0.139. The van der Waals surface area contributed by atoms with Gasteiger partial charge < -0.3 is 10.2 Å². The highest BCUT2D eigenvalue weighted by molar-refractivity contribution is 6.11. The molecule has 0 radical (unpaired) electrons. The number of fused-ring (bicyclic) bond motifs is 1. The molecule has 2 N–H and O–H groups in total. The van der Waals surface area contributed by atoms with E-state index in [-0.39, 0.29) is 11.7 Å². The van der Waals surface area contributed by atoms with Crippen LogP contribution in [0.5, 0.6) is 5.75 Å². The van der Waals surface area contributed by atoms with Crippen LogP contribution in [0.4, 0.5) is 5.69 Å². The molecule has 5 nitrogen and oxygen atoms in total. The first kappa shape index (κ1) is 16.8. The van der Waals surface area contributed by atoms with Crippen LogP contribution in [0.3, 0.4) is 0 Å². The van der Waals surface area contributed by atoms with Crippen LogP contribution in [0.15, 0.2) is 78.9 Å². The summed E-state index contributed by atoms with van der Waals surface area (Å²) in [6, 6.07) is 21.5. The first-order valence-electron chi connectivity index (χ1n) is 8.57. The Morgan fingerprint density at radius 3 is 2.15 bits per heavy atom. The lowest BCUT2D eigenvalue weighted by atomic mass is 9.79. The molecule has 0 aromatic heterocycles. The van der Waals surface area contributed by atoms with Gasteiger partial charge in [0.15, 0.2) is 0 Å². The normalized spacial score (nSPS) is 18.8. The van der Waals surface area contributed by atoms with Gasteiger partial charge >= 0.3 is 5.97 Å². The number of amides is 1. The number of carbonyl (C=O) groups is 2. The van der Waals surface area contributed by atoms with Gasteiger partial charge in [-0.1, -0.05) is 48.5 Å². The molecule has 0 spiro atoms. The van der Waals surface area contributed by atoms with Crippen molar-refractivity contribution in [2.75, 3.05) is 4.90 Å². The molecule has 0 unspecified atom stereocenters. The number of carbonyl (C=O) groups excluding carboxylic acids is 1. The average molecular weight is 359 g/mol. The second kappa shape index (κ2) is 6.61. The number of nitrogens with zero attached hydrogens (tertiary/aromatic N) is 1. The molecule has 0 aliphatic carbocycles. The Morgan fingerprint density at radius 2 is 1.48 bits per heavy atom. The summed E-state index contributed by atoms with van der Waals surface area (Å²) in [6.45, 7) is 0. The zero-order chi connectivity index (χ0) is 19.0. The molecule has 134 valence electrons. The maximum atomic E-state index is 13.3. The van der Waals surface area contributed by atoms with E-state index in [1.54, 1.807) is 36.4 Å². The first-order valence-corrected chi connectivity index (χ1v) is 8.57. The SMILES string of the molecule is O=C(O)[C@@H]1c2ccccc2C(=O)N(c2ccc(O)cc2)[C@@H]1c1ccccc1. The summed E-state index contributed by atoms with van der Waals surface area (Å²) in [4.78, 5) is 27.1. The molecular weight excluding hydrogens is 342 g/mol. The van der Waals surface area contributed by atoms with Crippen LogP contribution in [0, 0.1) is 0 Å². The van der Waals surface area contributed by atoms with Crippen molar-refractivity contribution in [2.45, 2.75) is 12.0 Å². The van der Waals surface area contributed by atoms with E-state index in [9.17, 15) is 19.8 Å². The zero-order valence-corrected chi connectivity index (χ0v) is 14.3. The molecule has 0 fully saturated rings. The highest BCUT2D eigenvalue weighted by atomic mass is 16.4. The summed E-state index contributed by atoms with van der Waals surface area (Å²) < 4.78 is 0. The summed E-state index contributed by atoms with van der Waals surface area (Å²) in [5.74, 6) is -2.08. The number of phenolic OH excluding ortho intramolecular Hbond substituents is 1. The molecule has 0 bridgehead atoms. The van der Waals surface area contributed by atoms with Gasteiger partial charge in [0.05, 0.1) is 6.04 Å². The zero-order valence-electron chi connectivity index (χ0n) is 14.3. The van der Waals surface area contributed by atoms with E-state index in [1.165, 1.54) is 17.0 Å². The maximum Gasteiger partial charge on any atom is 0.313 e. The third-order valence-electron chi connectivity index (χ3n) is 4.87. The minimum Gasteiger partial charge on any atom is -0.508 e. The molecular formula is C22H17NO4. The van der Waals surface area contributed by atoms with E-state index in [4.69, 9.17) is 0 Å². The minimum atomic E-state index is -0.993. The van der Waals surface area contributed by atoms with Crippen molar-refractivity contribution in [1.82, 2.24) is 0 Å². The number of rotatable bonds is 3. The van der Waals surface area contributed by atoms with Crippen molar-refractivity contribution in [2.24, 2.45) is 0 Å². The predicted molar refractivity (Wildman–Crippen MR) is 101 cm³/mol. The van der Waals surface area contributed by atoms with E-state index < -0.39 is 17.9 Å². The summed E-state index contributed by atoms with van der Waals surface area (Å²) >= 11 is 0. The van der Waals surface area contributed by atoms with Crippen molar-refractivity contribution in [3.63, 3.8) is 0 Å². The van der Waals surface area contributed by atoms with Crippen LogP contribution in [-0.4, -0.2) is 22.1 Å². The molecule has 0 saturated carbocycles. The second-order valence-corrected chi connectivity index (χ2v) is 6.45. The molecule has 1 aliphatic rings. The van der Waals surface area contributed by atoms with Crippen molar-refractivity contribution >= 4 is 17.6 Å². The largest absolute Gasteiger partial charge is 0.508 e. The van der Waals surface area contributed by atoms with Crippen molar-refractivity contribution in [3.05, 3.63) is 95.6 Å². The number of hydrogen-bond acceptors (Lipinski definition) is 3.